The fraction of sp³-hybridized carbons (Fsp3) is 0.133. The standard InChI is InChI=1S/C15H16N6/c1-10-8-11(2)21(20-10)14-9-13(19-16)17-15(18-14)12-6-4-3-5-7-12/h3-9H,16H2,1-2H3,(H,17,18,19). The van der Waals surface area contributed by atoms with Gasteiger partial charge in [0.05, 0.1) is 5.69 Å². The molecule has 0 fully saturated rings. The molecule has 1 aromatic carbocycles. The average molecular weight is 280 g/mol. The van der Waals surface area contributed by atoms with Crippen LogP contribution in [0.15, 0.2) is 42.5 Å². The molecular weight excluding hydrogens is 264 g/mol. The molecule has 0 aliphatic carbocycles. The Morgan fingerprint density at radius 1 is 1.05 bits per heavy atom. The van der Waals surface area contributed by atoms with Gasteiger partial charge in [-0.15, -0.1) is 0 Å². The molecule has 0 bridgehead atoms. The lowest BCUT2D eigenvalue weighted by Crippen LogP contribution is -2.12. The molecule has 106 valence electrons. The lowest BCUT2D eigenvalue weighted by molar-refractivity contribution is 0.803. The molecule has 0 amide bonds. The second kappa shape index (κ2) is 5.34. The summed E-state index contributed by atoms with van der Waals surface area (Å²) in [6, 6.07) is 13.5. The van der Waals surface area contributed by atoms with E-state index in [9.17, 15) is 0 Å². The van der Waals surface area contributed by atoms with E-state index in [4.69, 9.17) is 5.84 Å². The van der Waals surface area contributed by atoms with Crippen molar-refractivity contribution in [1.82, 2.24) is 19.7 Å². The summed E-state index contributed by atoms with van der Waals surface area (Å²) in [4.78, 5) is 8.99. The number of aromatic nitrogens is 4. The minimum atomic E-state index is 0.548. The van der Waals surface area contributed by atoms with Crippen LogP contribution in [0.1, 0.15) is 11.4 Å². The van der Waals surface area contributed by atoms with Crippen LogP contribution in [0.25, 0.3) is 17.2 Å². The monoisotopic (exact) mass is 280 g/mol. The van der Waals surface area contributed by atoms with Crippen LogP contribution in [-0.4, -0.2) is 19.7 Å². The van der Waals surface area contributed by atoms with Gasteiger partial charge in [-0.05, 0) is 19.9 Å². The molecule has 2 aromatic heterocycles. The number of aryl methyl sites for hydroxylation is 2. The van der Waals surface area contributed by atoms with Crippen molar-refractivity contribution in [1.29, 1.82) is 0 Å². The molecular formula is C15H16N6. The van der Waals surface area contributed by atoms with Gasteiger partial charge in [-0.1, -0.05) is 30.3 Å². The molecule has 0 aliphatic heterocycles. The first-order valence-corrected chi connectivity index (χ1v) is 6.62. The van der Waals surface area contributed by atoms with Gasteiger partial charge in [0.15, 0.2) is 11.6 Å². The van der Waals surface area contributed by atoms with E-state index in [2.05, 4.69) is 20.5 Å². The van der Waals surface area contributed by atoms with Crippen LogP contribution in [0, 0.1) is 13.8 Å². The van der Waals surface area contributed by atoms with Crippen LogP contribution in [0.4, 0.5) is 5.82 Å². The number of hydrogen-bond acceptors (Lipinski definition) is 5. The van der Waals surface area contributed by atoms with Crippen molar-refractivity contribution in [2.75, 3.05) is 5.43 Å². The number of nitrogens with one attached hydrogen (secondary N) is 1. The quantitative estimate of drug-likeness (QED) is 0.568. The Balaban J connectivity index is 2.16. The zero-order valence-electron chi connectivity index (χ0n) is 11.9. The van der Waals surface area contributed by atoms with Gasteiger partial charge in [0, 0.05) is 17.3 Å². The van der Waals surface area contributed by atoms with Crippen LogP contribution < -0.4 is 11.3 Å². The third kappa shape index (κ3) is 2.61. The molecule has 0 spiro atoms. The van der Waals surface area contributed by atoms with E-state index in [1.165, 1.54) is 0 Å². The molecule has 0 saturated heterocycles. The molecule has 6 heteroatoms. The van der Waals surface area contributed by atoms with E-state index in [-0.39, 0.29) is 0 Å². The Morgan fingerprint density at radius 3 is 2.43 bits per heavy atom. The van der Waals surface area contributed by atoms with Crippen LogP contribution in [0.3, 0.4) is 0 Å². The minimum Gasteiger partial charge on any atom is -0.308 e. The molecule has 0 aliphatic rings. The normalized spacial score (nSPS) is 10.6. The highest BCUT2D eigenvalue weighted by Crippen LogP contribution is 2.20. The minimum absolute atomic E-state index is 0.548. The van der Waals surface area contributed by atoms with Crippen LogP contribution >= 0.6 is 0 Å². The zero-order valence-corrected chi connectivity index (χ0v) is 11.9. The Bertz CT molecular complexity index is 763. The Hall–Kier alpha value is -2.73. The Kier molecular flexibility index (Phi) is 3.37. The number of rotatable bonds is 3. The van der Waals surface area contributed by atoms with Crippen molar-refractivity contribution < 1.29 is 0 Å². The predicted octanol–water partition coefficient (Wildman–Crippen LogP) is 2.23. The van der Waals surface area contributed by atoms with Crippen molar-refractivity contribution >= 4 is 5.82 Å². The van der Waals surface area contributed by atoms with E-state index in [0.29, 0.717) is 17.5 Å². The first kappa shape index (κ1) is 13.3. The van der Waals surface area contributed by atoms with Gasteiger partial charge in [-0.25, -0.2) is 20.5 Å². The summed E-state index contributed by atoms with van der Waals surface area (Å²) in [5.41, 5.74) is 5.46. The van der Waals surface area contributed by atoms with E-state index >= 15 is 0 Å². The Morgan fingerprint density at radius 2 is 1.81 bits per heavy atom. The van der Waals surface area contributed by atoms with E-state index < -0.39 is 0 Å². The number of nitrogen functional groups attached to an aromatic ring is 1. The van der Waals surface area contributed by atoms with Gasteiger partial charge in [-0.3, -0.25) is 0 Å². The highest BCUT2D eigenvalue weighted by Gasteiger charge is 2.10. The molecule has 0 atom stereocenters. The maximum Gasteiger partial charge on any atom is 0.164 e. The lowest BCUT2D eigenvalue weighted by atomic mass is 10.2. The molecule has 0 radical (unpaired) electrons. The molecule has 0 unspecified atom stereocenters. The summed E-state index contributed by atoms with van der Waals surface area (Å²) in [6.45, 7) is 3.94. The van der Waals surface area contributed by atoms with Gasteiger partial charge in [-0.2, -0.15) is 5.10 Å². The summed E-state index contributed by atoms with van der Waals surface area (Å²) in [5, 5.41) is 4.45. The first-order chi connectivity index (χ1) is 10.2. The van der Waals surface area contributed by atoms with Crippen LogP contribution in [-0.2, 0) is 0 Å². The number of hydrazine groups is 1. The van der Waals surface area contributed by atoms with Gasteiger partial charge < -0.3 is 5.43 Å². The van der Waals surface area contributed by atoms with Crippen LogP contribution in [0.2, 0.25) is 0 Å². The molecule has 2 heterocycles. The maximum absolute atomic E-state index is 5.52. The van der Waals surface area contributed by atoms with Crippen LogP contribution in [0.5, 0.6) is 0 Å². The second-order valence-electron chi connectivity index (χ2n) is 4.78. The van der Waals surface area contributed by atoms with Crippen molar-refractivity contribution in [3.63, 3.8) is 0 Å². The fourth-order valence-electron chi connectivity index (χ4n) is 2.19. The van der Waals surface area contributed by atoms with E-state index in [1.807, 2.05) is 50.2 Å². The summed E-state index contributed by atoms with van der Waals surface area (Å²) in [5.74, 6) is 7.35. The smallest absolute Gasteiger partial charge is 0.164 e. The molecule has 3 rings (SSSR count). The molecule has 0 saturated carbocycles. The molecule has 3 aromatic rings. The Labute approximate surface area is 122 Å². The number of anilines is 1. The van der Waals surface area contributed by atoms with Crippen molar-refractivity contribution in [3.8, 4) is 17.2 Å². The maximum atomic E-state index is 5.52. The summed E-state index contributed by atoms with van der Waals surface area (Å²) >= 11 is 0. The number of nitrogens with two attached hydrogens (primary N) is 1. The van der Waals surface area contributed by atoms with Gasteiger partial charge in [0.25, 0.3) is 0 Å². The van der Waals surface area contributed by atoms with Gasteiger partial charge in [0.2, 0.25) is 0 Å². The summed E-state index contributed by atoms with van der Waals surface area (Å²) in [7, 11) is 0. The number of benzene rings is 1. The summed E-state index contributed by atoms with van der Waals surface area (Å²) < 4.78 is 1.78. The third-order valence-electron chi connectivity index (χ3n) is 3.12. The third-order valence-corrected chi connectivity index (χ3v) is 3.12. The van der Waals surface area contributed by atoms with Gasteiger partial charge in [0.1, 0.15) is 5.82 Å². The highest BCUT2D eigenvalue weighted by atomic mass is 15.3. The number of hydrogen-bond donors (Lipinski definition) is 2. The number of nitrogens with zero attached hydrogens (tertiary/aromatic N) is 4. The zero-order chi connectivity index (χ0) is 14.8. The van der Waals surface area contributed by atoms with Crippen molar-refractivity contribution in [2.45, 2.75) is 13.8 Å². The topological polar surface area (TPSA) is 81.7 Å². The highest BCUT2D eigenvalue weighted by molar-refractivity contribution is 5.58. The molecule has 3 N–H and O–H groups in total. The first-order valence-electron chi connectivity index (χ1n) is 6.62. The second-order valence-corrected chi connectivity index (χ2v) is 4.78. The van der Waals surface area contributed by atoms with E-state index in [1.54, 1.807) is 10.7 Å². The van der Waals surface area contributed by atoms with Crippen molar-refractivity contribution in [3.05, 3.63) is 53.9 Å². The predicted molar refractivity (Wildman–Crippen MR) is 81.9 cm³/mol. The van der Waals surface area contributed by atoms with Gasteiger partial charge >= 0.3 is 0 Å². The fourth-order valence-corrected chi connectivity index (χ4v) is 2.19. The molecule has 21 heavy (non-hydrogen) atoms. The molecule has 6 nitrogen and oxygen atoms in total. The largest absolute Gasteiger partial charge is 0.308 e. The summed E-state index contributed by atoms with van der Waals surface area (Å²) in [6.07, 6.45) is 0. The SMILES string of the molecule is Cc1cc(C)n(-c2cc(NN)nc(-c3ccccc3)n2)n1. The van der Waals surface area contributed by atoms with E-state index in [0.717, 1.165) is 17.0 Å². The average Bonchev–Trinajstić information content (AvgIpc) is 2.86. The lowest BCUT2D eigenvalue weighted by Gasteiger charge is -2.09. The van der Waals surface area contributed by atoms with Crippen molar-refractivity contribution in [2.24, 2.45) is 5.84 Å².